The fourth-order valence-corrected chi connectivity index (χ4v) is 3.54. The standard InChI is InChI=1S/C14H12BrCl2NO2S/c15-13-9-12(5-6-14(13)17)21(19,20)18-8-7-10-1-3-11(16)4-2-10/h1-6,9,18H,7-8H2. The Labute approximate surface area is 142 Å². The minimum Gasteiger partial charge on any atom is -0.211 e. The molecule has 0 fully saturated rings. The lowest BCUT2D eigenvalue weighted by molar-refractivity contribution is 0.581. The van der Waals surface area contributed by atoms with Gasteiger partial charge in [-0.05, 0) is 58.2 Å². The maximum absolute atomic E-state index is 12.1. The molecule has 0 radical (unpaired) electrons. The summed E-state index contributed by atoms with van der Waals surface area (Å²) in [5, 5.41) is 1.13. The maximum atomic E-state index is 12.1. The van der Waals surface area contributed by atoms with Crippen molar-refractivity contribution in [3.63, 3.8) is 0 Å². The van der Waals surface area contributed by atoms with Crippen LogP contribution in [-0.2, 0) is 16.4 Å². The smallest absolute Gasteiger partial charge is 0.211 e. The van der Waals surface area contributed by atoms with E-state index in [2.05, 4.69) is 20.7 Å². The monoisotopic (exact) mass is 407 g/mol. The summed E-state index contributed by atoms with van der Waals surface area (Å²) in [5.74, 6) is 0. The van der Waals surface area contributed by atoms with Gasteiger partial charge in [-0.15, -0.1) is 0 Å². The van der Waals surface area contributed by atoms with E-state index in [-0.39, 0.29) is 4.90 Å². The van der Waals surface area contributed by atoms with Crippen LogP contribution >= 0.6 is 39.1 Å². The number of sulfonamides is 1. The average molecular weight is 409 g/mol. The molecule has 21 heavy (non-hydrogen) atoms. The second-order valence-corrected chi connectivity index (χ2v) is 7.82. The summed E-state index contributed by atoms with van der Waals surface area (Å²) in [5.41, 5.74) is 1.01. The van der Waals surface area contributed by atoms with Gasteiger partial charge >= 0.3 is 0 Å². The fourth-order valence-electron chi connectivity index (χ4n) is 1.71. The third-order valence-corrected chi connectivity index (χ3v) is 5.75. The maximum Gasteiger partial charge on any atom is 0.240 e. The van der Waals surface area contributed by atoms with E-state index in [9.17, 15) is 8.42 Å². The van der Waals surface area contributed by atoms with Crippen LogP contribution in [0.25, 0.3) is 0 Å². The van der Waals surface area contributed by atoms with E-state index in [1.807, 2.05) is 12.1 Å². The zero-order chi connectivity index (χ0) is 15.5. The third kappa shape index (κ3) is 4.69. The average Bonchev–Trinajstić information content (AvgIpc) is 2.44. The van der Waals surface area contributed by atoms with Gasteiger partial charge in [0.15, 0.2) is 0 Å². The van der Waals surface area contributed by atoms with Crippen LogP contribution in [-0.4, -0.2) is 15.0 Å². The first kappa shape index (κ1) is 16.8. The largest absolute Gasteiger partial charge is 0.240 e. The number of hydrogen-bond acceptors (Lipinski definition) is 2. The number of halogens is 3. The minimum atomic E-state index is -3.54. The lowest BCUT2D eigenvalue weighted by Gasteiger charge is -2.08. The van der Waals surface area contributed by atoms with Crippen LogP contribution in [0, 0.1) is 0 Å². The van der Waals surface area contributed by atoms with Crippen molar-refractivity contribution in [1.82, 2.24) is 4.72 Å². The quantitative estimate of drug-likeness (QED) is 0.802. The van der Waals surface area contributed by atoms with E-state index in [1.54, 1.807) is 18.2 Å². The first-order valence-corrected chi connectivity index (χ1v) is 9.11. The van der Waals surface area contributed by atoms with E-state index < -0.39 is 10.0 Å². The molecule has 112 valence electrons. The fraction of sp³-hybridized carbons (Fsp3) is 0.143. The summed E-state index contributed by atoms with van der Waals surface area (Å²) in [6.45, 7) is 0.310. The number of nitrogens with one attached hydrogen (secondary N) is 1. The van der Waals surface area contributed by atoms with Crippen LogP contribution in [0.1, 0.15) is 5.56 Å². The van der Waals surface area contributed by atoms with E-state index in [0.717, 1.165) is 5.56 Å². The van der Waals surface area contributed by atoms with Crippen LogP contribution in [0.5, 0.6) is 0 Å². The molecule has 0 aliphatic rings. The van der Waals surface area contributed by atoms with Crippen LogP contribution in [0.3, 0.4) is 0 Å². The van der Waals surface area contributed by atoms with Gasteiger partial charge in [0, 0.05) is 16.0 Å². The molecule has 0 spiro atoms. The second kappa shape index (κ2) is 7.11. The lowest BCUT2D eigenvalue weighted by Crippen LogP contribution is -2.26. The summed E-state index contributed by atoms with van der Waals surface area (Å²) in [6, 6.07) is 11.8. The molecule has 0 bridgehead atoms. The molecule has 2 rings (SSSR count). The van der Waals surface area contributed by atoms with Crippen LogP contribution < -0.4 is 4.72 Å². The van der Waals surface area contributed by atoms with E-state index in [0.29, 0.717) is 27.5 Å². The summed E-state index contributed by atoms with van der Waals surface area (Å²) in [6.07, 6.45) is 0.588. The normalized spacial score (nSPS) is 11.6. The molecule has 0 unspecified atom stereocenters. The van der Waals surface area contributed by atoms with Crippen molar-refractivity contribution in [2.45, 2.75) is 11.3 Å². The Bertz CT molecular complexity index is 733. The van der Waals surface area contributed by atoms with Crippen LogP contribution in [0.15, 0.2) is 51.8 Å². The number of rotatable bonds is 5. The molecule has 2 aromatic carbocycles. The zero-order valence-corrected chi connectivity index (χ0v) is 14.7. The highest BCUT2D eigenvalue weighted by atomic mass is 79.9. The van der Waals surface area contributed by atoms with Crippen molar-refractivity contribution in [1.29, 1.82) is 0 Å². The van der Waals surface area contributed by atoms with Crippen molar-refractivity contribution >= 4 is 49.2 Å². The molecule has 0 saturated carbocycles. The Morgan fingerprint density at radius 3 is 2.33 bits per heavy atom. The molecular formula is C14H12BrCl2NO2S. The molecule has 3 nitrogen and oxygen atoms in total. The predicted molar refractivity (Wildman–Crippen MR) is 89.5 cm³/mol. The van der Waals surface area contributed by atoms with Crippen molar-refractivity contribution < 1.29 is 8.42 Å². The van der Waals surface area contributed by atoms with Gasteiger partial charge in [0.1, 0.15) is 0 Å². The Balaban J connectivity index is 2.01. The predicted octanol–water partition coefficient (Wildman–Crippen LogP) is 4.28. The van der Waals surface area contributed by atoms with Crippen LogP contribution in [0.2, 0.25) is 10.0 Å². The van der Waals surface area contributed by atoms with Gasteiger partial charge in [0.2, 0.25) is 10.0 Å². The number of benzene rings is 2. The molecule has 0 aromatic heterocycles. The molecule has 0 heterocycles. The molecule has 2 aromatic rings. The minimum absolute atomic E-state index is 0.176. The Morgan fingerprint density at radius 1 is 1.05 bits per heavy atom. The first-order valence-electron chi connectivity index (χ1n) is 6.08. The van der Waals surface area contributed by atoms with Crippen molar-refractivity contribution in [3.05, 3.63) is 62.5 Å². The number of hydrogen-bond donors (Lipinski definition) is 1. The topological polar surface area (TPSA) is 46.2 Å². The van der Waals surface area contributed by atoms with Gasteiger partial charge < -0.3 is 0 Å². The molecule has 0 aliphatic carbocycles. The molecule has 7 heteroatoms. The summed E-state index contributed by atoms with van der Waals surface area (Å²) in [4.78, 5) is 0.176. The molecule has 0 atom stereocenters. The molecule has 0 aliphatic heterocycles. The van der Waals surface area contributed by atoms with Crippen molar-refractivity contribution in [3.8, 4) is 0 Å². The van der Waals surface area contributed by atoms with Gasteiger partial charge in [-0.3, -0.25) is 0 Å². The summed E-state index contributed by atoms with van der Waals surface area (Å²) >= 11 is 14.9. The molecule has 1 N–H and O–H groups in total. The Kier molecular flexibility index (Phi) is 5.68. The van der Waals surface area contributed by atoms with E-state index >= 15 is 0 Å². The second-order valence-electron chi connectivity index (χ2n) is 4.35. The highest BCUT2D eigenvalue weighted by molar-refractivity contribution is 9.10. The molecular weight excluding hydrogens is 397 g/mol. The lowest BCUT2D eigenvalue weighted by atomic mass is 10.2. The SMILES string of the molecule is O=S(=O)(NCCc1ccc(Cl)cc1)c1ccc(Cl)c(Br)c1. The van der Waals surface area contributed by atoms with Crippen LogP contribution in [0.4, 0.5) is 0 Å². The highest BCUT2D eigenvalue weighted by Crippen LogP contribution is 2.25. The Hall–Kier alpha value is -0.590. The van der Waals surface area contributed by atoms with Crippen molar-refractivity contribution in [2.24, 2.45) is 0 Å². The van der Waals surface area contributed by atoms with Gasteiger partial charge in [-0.2, -0.15) is 0 Å². The summed E-state index contributed by atoms with van der Waals surface area (Å²) in [7, 11) is -3.54. The zero-order valence-electron chi connectivity index (χ0n) is 10.8. The van der Waals surface area contributed by atoms with E-state index in [4.69, 9.17) is 23.2 Å². The highest BCUT2D eigenvalue weighted by Gasteiger charge is 2.14. The van der Waals surface area contributed by atoms with Crippen molar-refractivity contribution in [2.75, 3.05) is 6.54 Å². The van der Waals surface area contributed by atoms with Gasteiger partial charge in [0.25, 0.3) is 0 Å². The third-order valence-electron chi connectivity index (χ3n) is 2.82. The molecule has 0 amide bonds. The van der Waals surface area contributed by atoms with Gasteiger partial charge in [-0.1, -0.05) is 35.3 Å². The Morgan fingerprint density at radius 2 is 1.71 bits per heavy atom. The van der Waals surface area contributed by atoms with E-state index in [1.165, 1.54) is 12.1 Å². The molecule has 0 saturated heterocycles. The summed E-state index contributed by atoms with van der Waals surface area (Å²) < 4.78 is 27.4. The first-order chi connectivity index (χ1) is 9.88. The van der Waals surface area contributed by atoms with Gasteiger partial charge in [-0.25, -0.2) is 13.1 Å². The van der Waals surface area contributed by atoms with Gasteiger partial charge in [0.05, 0.1) is 9.92 Å².